The molecule has 0 fully saturated rings. The van der Waals surface area contributed by atoms with Crippen molar-refractivity contribution in [1.29, 1.82) is 0 Å². The lowest BCUT2D eigenvalue weighted by molar-refractivity contribution is -0.167. The summed E-state index contributed by atoms with van der Waals surface area (Å²) in [6.45, 7) is 6.41. The fourth-order valence-corrected chi connectivity index (χ4v) is 8.07. The maximum atomic E-state index is 12.9. The van der Waals surface area contributed by atoms with Gasteiger partial charge >= 0.3 is 17.9 Å². The van der Waals surface area contributed by atoms with Gasteiger partial charge in [-0.05, 0) is 103 Å². The predicted octanol–water partition coefficient (Wildman–Crippen LogP) is 19.5. The molecule has 0 aromatic rings. The van der Waals surface area contributed by atoms with Gasteiger partial charge in [-0.2, -0.15) is 0 Å². The molecule has 0 rings (SSSR count). The molecule has 1 unspecified atom stereocenters. The van der Waals surface area contributed by atoms with Crippen LogP contribution < -0.4 is 0 Å². The van der Waals surface area contributed by atoms with Gasteiger partial charge in [0.15, 0.2) is 6.10 Å². The van der Waals surface area contributed by atoms with Crippen molar-refractivity contribution in [2.24, 2.45) is 0 Å². The van der Waals surface area contributed by atoms with Crippen LogP contribution in [-0.2, 0) is 28.6 Å². The molecule has 0 saturated heterocycles. The molecule has 396 valence electrons. The quantitative estimate of drug-likeness (QED) is 0.0199. The van der Waals surface area contributed by atoms with Crippen LogP contribution in [0.15, 0.2) is 85.1 Å². The second kappa shape index (κ2) is 57.2. The number of hydrogen-bond donors (Lipinski definition) is 0. The van der Waals surface area contributed by atoms with E-state index in [4.69, 9.17) is 14.2 Å². The zero-order valence-electron chi connectivity index (χ0n) is 45.3. The highest BCUT2D eigenvalue weighted by molar-refractivity contribution is 5.71. The Morgan fingerprint density at radius 2 is 0.609 bits per heavy atom. The third-order valence-corrected chi connectivity index (χ3v) is 12.4. The molecule has 0 aliphatic rings. The Bertz CT molecular complexity index is 1330. The first-order valence-electron chi connectivity index (χ1n) is 29.1. The van der Waals surface area contributed by atoms with Crippen molar-refractivity contribution in [3.05, 3.63) is 85.1 Å². The summed E-state index contributed by atoms with van der Waals surface area (Å²) in [5.41, 5.74) is 0. The molecule has 1 atom stereocenters. The molecule has 0 saturated carbocycles. The second-order valence-corrected chi connectivity index (χ2v) is 19.2. The fraction of sp³-hybridized carbons (Fsp3) is 0.730. The number of carbonyl (C=O) groups excluding carboxylic acids is 3. The lowest BCUT2D eigenvalue weighted by Gasteiger charge is -2.18. The van der Waals surface area contributed by atoms with Crippen LogP contribution in [0.5, 0.6) is 0 Å². The van der Waals surface area contributed by atoms with E-state index in [9.17, 15) is 14.4 Å². The highest BCUT2D eigenvalue weighted by Gasteiger charge is 2.19. The number of carbonyl (C=O) groups is 3. The van der Waals surface area contributed by atoms with Gasteiger partial charge in [0.1, 0.15) is 13.2 Å². The summed E-state index contributed by atoms with van der Waals surface area (Å²) in [6.07, 6.45) is 74.3. The van der Waals surface area contributed by atoms with Gasteiger partial charge in [0.05, 0.1) is 0 Å². The smallest absolute Gasteiger partial charge is 0.306 e. The molecule has 0 aromatic heterocycles. The third kappa shape index (κ3) is 55.4. The Balaban J connectivity index is 4.41. The van der Waals surface area contributed by atoms with Crippen molar-refractivity contribution in [3.8, 4) is 0 Å². The Labute approximate surface area is 426 Å². The van der Waals surface area contributed by atoms with Crippen LogP contribution in [0.25, 0.3) is 0 Å². The standard InChI is InChI=1S/C63H108O6/c1-4-7-10-13-16-19-22-25-28-30-32-34-35-38-41-44-47-50-53-56-62(65)68-59-60(58-67-61(64)55-52-49-46-43-40-37-27-24-21-18-15-12-9-6-3)69-63(66)57-54-51-48-45-42-39-36-33-31-29-26-23-20-17-14-11-8-5-2/h7,9-10,12,16,18-19,21,25,28-29,31,33,36,60H,4-6,8,11,13-15,17,20,22-24,26-27,30,32,34-35,37-59H2,1-3H3/b10-7-,12-9-,19-16-,21-18-,28-25-,31-29-,36-33-. The highest BCUT2D eigenvalue weighted by atomic mass is 16.6. The SMILES string of the molecule is CC/C=C\C/C=C\C/C=C\CCCCCCCCCCCC(=O)OCC(COC(=O)CCCCCCCCC/C=C\C/C=C\CC)OC(=O)CCCCCCC/C=C\C=C/CCCCCCCCC. The Morgan fingerprint density at radius 3 is 0.971 bits per heavy atom. The predicted molar refractivity (Wildman–Crippen MR) is 297 cm³/mol. The number of hydrogen-bond acceptors (Lipinski definition) is 6. The Morgan fingerprint density at radius 1 is 0.319 bits per heavy atom. The minimum atomic E-state index is -0.791. The largest absolute Gasteiger partial charge is 0.462 e. The van der Waals surface area contributed by atoms with Crippen LogP contribution in [0.1, 0.15) is 278 Å². The maximum Gasteiger partial charge on any atom is 0.306 e. The van der Waals surface area contributed by atoms with E-state index in [1.165, 1.54) is 122 Å². The van der Waals surface area contributed by atoms with Gasteiger partial charge in [-0.1, -0.05) is 241 Å². The molecule has 0 spiro atoms. The number of ether oxygens (including phenoxy) is 3. The molecular formula is C63H108O6. The fourth-order valence-electron chi connectivity index (χ4n) is 8.07. The number of unbranched alkanes of at least 4 members (excludes halogenated alkanes) is 28. The topological polar surface area (TPSA) is 78.9 Å². The Hall–Kier alpha value is -3.41. The molecule has 0 aromatic carbocycles. The first-order chi connectivity index (χ1) is 34.0. The Kier molecular flexibility index (Phi) is 54.3. The van der Waals surface area contributed by atoms with Crippen LogP contribution in [0.3, 0.4) is 0 Å². The number of esters is 3. The molecule has 0 aliphatic heterocycles. The monoisotopic (exact) mass is 961 g/mol. The van der Waals surface area contributed by atoms with E-state index in [-0.39, 0.29) is 31.1 Å². The highest BCUT2D eigenvalue weighted by Crippen LogP contribution is 2.15. The molecule has 0 amide bonds. The molecule has 0 bridgehead atoms. The summed E-state index contributed by atoms with van der Waals surface area (Å²) in [5, 5.41) is 0. The summed E-state index contributed by atoms with van der Waals surface area (Å²) in [6, 6.07) is 0. The minimum Gasteiger partial charge on any atom is -0.462 e. The molecule has 0 aliphatic carbocycles. The van der Waals surface area contributed by atoms with E-state index in [1.807, 2.05) is 0 Å². The van der Waals surface area contributed by atoms with E-state index < -0.39 is 6.10 Å². The first kappa shape index (κ1) is 65.6. The molecule has 0 N–H and O–H groups in total. The van der Waals surface area contributed by atoms with Gasteiger partial charge < -0.3 is 14.2 Å². The van der Waals surface area contributed by atoms with E-state index in [2.05, 4.69) is 106 Å². The molecule has 0 radical (unpaired) electrons. The van der Waals surface area contributed by atoms with Crippen LogP contribution in [0.4, 0.5) is 0 Å². The van der Waals surface area contributed by atoms with Crippen molar-refractivity contribution in [1.82, 2.24) is 0 Å². The zero-order valence-corrected chi connectivity index (χ0v) is 45.3. The lowest BCUT2D eigenvalue weighted by atomic mass is 10.1. The van der Waals surface area contributed by atoms with Crippen molar-refractivity contribution in [3.63, 3.8) is 0 Å². The average Bonchev–Trinajstić information content (AvgIpc) is 3.35. The van der Waals surface area contributed by atoms with Crippen molar-refractivity contribution in [2.75, 3.05) is 13.2 Å². The molecule has 6 nitrogen and oxygen atoms in total. The molecular weight excluding hydrogens is 853 g/mol. The second-order valence-electron chi connectivity index (χ2n) is 19.2. The molecule has 6 heteroatoms. The zero-order chi connectivity index (χ0) is 50.0. The van der Waals surface area contributed by atoms with Crippen molar-refractivity contribution in [2.45, 2.75) is 284 Å². The van der Waals surface area contributed by atoms with Gasteiger partial charge in [-0.3, -0.25) is 14.4 Å². The van der Waals surface area contributed by atoms with Crippen LogP contribution in [0.2, 0.25) is 0 Å². The van der Waals surface area contributed by atoms with Gasteiger partial charge in [-0.15, -0.1) is 0 Å². The minimum absolute atomic E-state index is 0.0881. The van der Waals surface area contributed by atoms with Gasteiger partial charge in [0.25, 0.3) is 0 Å². The van der Waals surface area contributed by atoms with E-state index >= 15 is 0 Å². The average molecular weight is 962 g/mol. The summed E-state index contributed by atoms with van der Waals surface area (Å²) < 4.78 is 16.9. The summed E-state index contributed by atoms with van der Waals surface area (Å²) >= 11 is 0. The van der Waals surface area contributed by atoms with Crippen LogP contribution >= 0.6 is 0 Å². The van der Waals surface area contributed by atoms with Gasteiger partial charge in [0.2, 0.25) is 0 Å². The first-order valence-corrected chi connectivity index (χ1v) is 29.1. The van der Waals surface area contributed by atoms with E-state index in [0.29, 0.717) is 19.3 Å². The summed E-state index contributed by atoms with van der Waals surface area (Å²) in [7, 11) is 0. The van der Waals surface area contributed by atoms with Gasteiger partial charge in [0, 0.05) is 19.3 Å². The lowest BCUT2D eigenvalue weighted by Crippen LogP contribution is -2.30. The van der Waals surface area contributed by atoms with Gasteiger partial charge in [-0.25, -0.2) is 0 Å². The summed E-state index contributed by atoms with van der Waals surface area (Å²) in [5.74, 6) is -0.910. The molecule has 69 heavy (non-hydrogen) atoms. The number of allylic oxidation sites excluding steroid dienone is 14. The summed E-state index contributed by atoms with van der Waals surface area (Å²) in [4.78, 5) is 38.2. The van der Waals surface area contributed by atoms with Crippen molar-refractivity contribution >= 4 is 17.9 Å². The van der Waals surface area contributed by atoms with Crippen molar-refractivity contribution < 1.29 is 28.6 Å². The normalized spacial score (nSPS) is 12.7. The van der Waals surface area contributed by atoms with E-state index in [0.717, 1.165) is 116 Å². The third-order valence-electron chi connectivity index (χ3n) is 12.4. The maximum absolute atomic E-state index is 12.9. The molecule has 0 heterocycles. The van der Waals surface area contributed by atoms with E-state index in [1.54, 1.807) is 0 Å². The van der Waals surface area contributed by atoms with Crippen LogP contribution in [0, 0.1) is 0 Å². The number of rotatable bonds is 52. The van der Waals surface area contributed by atoms with Crippen LogP contribution in [-0.4, -0.2) is 37.2 Å².